The summed E-state index contributed by atoms with van der Waals surface area (Å²) >= 11 is 0. The van der Waals surface area contributed by atoms with Crippen LogP contribution in [0.15, 0.2) is 97.1 Å². The number of hydrogen-bond acceptors (Lipinski definition) is 1. The summed E-state index contributed by atoms with van der Waals surface area (Å²) in [7, 11) is 0. The van der Waals surface area contributed by atoms with Crippen LogP contribution < -0.4 is 5.32 Å². The van der Waals surface area contributed by atoms with Crippen molar-refractivity contribution in [1.29, 1.82) is 0 Å². The van der Waals surface area contributed by atoms with Gasteiger partial charge in [0.05, 0.1) is 0 Å². The zero-order valence-electron chi connectivity index (χ0n) is 17.2. The van der Waals surface area contributed by atoms with Crippen molar-refractivity contribution in [3.63, 3.8) is 0 Å². The second-order valence-corrected chi connectivity index (χ2v) is 8.82. The summed E-state index contributed by atoms with van der Waals surface area (Å²) < 4.78 is 0. The third-order valence-corrected chi connectivity index (χ3v) is 6.58. The van der Waals surface area contributed by atoms with Crippen molar-refractivity contribution in [2.75, 3.05) is 5.32 Å². The number of fused-ring (bicyclic) bond motifs is 5. The lowest BCUT2D eigenvalue weighted by atomic mass is 9.82. The minimum Gasteiger partial charge on any atom is -0.355 e. The van der Waals surface area contributed by atoms with Crippen LogP contribution in [0.1, 0.15) is 25.0 Å². The molecule has 144 valence electrons. The summed E-state index contributed by atoms with van der Waals surface area (Å²) in [6.07, 6.45) is 0. The first kappa shape index (κ1) is 17.3. The van der Waals surface area contributed by atoms with Gasteiger partial charge in [-0.1, -0.05) is 74.5 Å². The highest BCUT2D eigenvalue weighted by molar-refractivity contribution is 5.94. The average molecular weight is 386 g/mol. The van der Waals surface area contributed by atoms with Gasteiger partial charge in [0, 0.05) is 16.8 Å². The Morgan fingerprint density at radius 2 is 1.07 bits per heavy atom. The van der Waals surface area contributed by atoms with Crippen molar-refractivity contribution in [1.82, 2.24) is 0 Å². The summed E-state index contributed by atoms with van der Waals surface area (Å²) in [4.78, 5) is 0. The Kier molecular flexibility index (Phi) is 3.58. The zero-order valence-corrected chi connectivity index (χ0v) is 17.2. The molecule has 1 aliphatic rings. The largest absolute Gasteiger partial charge is 0.355 e. The van der Waals surface area contributed by atoms with Crippen LogP contribution in [0.3, 0.4) is 0 Å². The molecule has 0 atom stereocenters. The molecule has 0 radical (unpaired) electrons. The first-order valence-electron chi connectivity index (χ1n) is 10.5. The summed E-state index contributed by atoms with van der Waals surface area (Å²) in [5, 5.41) is 8.76. The van der Waals surface area contributed by atoms with E-state index in [2.05, 4.69) is 116 Å². The molecule has 0 spiro atoms. The van der Waals surface area contributed by atoms with Gasteiger partial charge in [-0.25, -0.2) is 0 Å². The van der Waals surface area contributed by atoms with Crippen LogP contribution in [0.2, 0.25) is 0 Å². The highest BCUT2D eigenvalue weighted by atomic mass is 14.9. The molecule has 6 rings (SSSR count). The average Bonchev–Trinajstić information content (AvgIpc) is 2.98. The first-order valence-corrected chi connectivity index (χ1v) is 10.5. The van der Waals surface area contributed by atoms with Crippen LogP contribution in [0.5, 0.6) is 0 Å². The molecule has 0 fully saturated rings. The van der Waals surface area contributed by atoms with Crippen molar-refractivity contribution < 1.29 is 0 Å². The lowest BCUT2D eigenvalue weighted by molar-refractivity contribution is 0.661. The van der Waals surface area contributed by atoms with E-state index in [0.717, 1.165) is 11.4 Å². The summed E-state index contributed by atoms with van der Waals surface area (Å²) in [6, 6.07) is 35.2. The Labute approximate surface area is 177 Å². The maximum atomic E-state index is 3.62. The summed E-state index contributed by atoms with van der Waals surface area (Å²) in [5.74, 6) is 0. The molecule has 1 heteroatoms. The monoisotopic (exact) mass is 385 g/mol. The van der Waals surface area contributed by atoms with Gasteiger partial charge in [0.2, 0.25) is 0 Å². The second kappa shape index (κ2) is 6.21. The number of nitrogens with one attached hydrogen (secondary N) is 1. The minimum atomic E-state index is -0.0181. The fourth-order valence-electron chi connectivity index (χ4n) is 4.93. The minimum absolute atomic E-state index is 0.0181. The molecule has 0 saturated carbocycles. The third kappa shape index (κ3) is 2.55. The molecule has 0 amide bonds. The van der Waals surface area contributed by atoms with Gasteiger partial charge in [0.1, 0.15) is 0 Å². The van der Waals surface area contributed by atoms with E-state index < -0.39 is 0 Å². The Balaban J connectivity index is 1.43. The van der Waals surface area contributed by atoms with Crippen molar-refractivity contribution >= 4 is 32.9 Å². The third-order valence-electron chi connectivity index (χ3n) is 6.58. The van der Waals surface area contributed by atoms with Crippen LogP contribution in [0.25, 0.3) is 32.7 Å². The molecule has 5 aromatic carbocycles. The number of hydrogen-bond donors (Lipinski definition) is 1. The smallest absolute Gasteiger partial charge is 0.0390 e. The van der Waals surface area contributed by atoms with Gasteiger partial charge in [-0.15, -0.1) is 0 Å². The van der Waals surface area contributed by atoms with Crippen molar-refractivity contribution in [3.05, 3.63) is 108 Å². The molecular formula is C29H23N. The van der Waals surface area contributed by atoms with E-state index in [1.165, 1.54) is 43.8 Å². The van der Waals surface area contributed by atoms with E-state index in [1.807, 2.05) is 0 Å². The normalized spacial score (nSPS) is 13.9. The van der Waals surface area contributed by atoms with Gasteiger partial charge in [0.15, 0.2) is 0 Å². The van der Waals surface area contributed by atoms with Crippen molar-refractivity contribution in [3.8, 4) is 11.1 Å². The molecule has 1 N–H and O–H groups in total. The number of anilines is 2. The van der Waals surface area contributed by atoms with Crippen LogP contribution in [0.4, 0.5) is 11.4 Å². The number of benzene rings is 5. The molecule has 1 aliphatic carbocycles. The molecule has 5 aromatic rings. The molecule has 0 bridgehead atoms. The van der Waals surface area contributed by atoms with Crippen molar-refractivity contribution in [2.24, 2.45) is 0 Å². The predicted molar refractivity (Wildman–Crippen MR) is 129 cm³/mol. The van der Waals surface area contributed by atoms with Crippen LogP contribution in [0, 0.1) is 0 Å². The Bertz CT molecular complexity index is 1440. The maximum absolute atomic E-state index is 3.62. The Morgan fingerprint density at radius 3 is 1.83 bits per heavy atom. The summed E-state index contributed by atoms with van der Waals surface area (Å²) in [5.41, 5.74) is 7.76. The SMILES string of the molecule is CC1(C)c2cc(Nc3ccc4ccccc4c3)ccc2-c2cc3ccccc3cc21. The molecule has 0 unspecified atom stereocenters. The van der Waals surface area contributed by atoms with E-state index >= 15 is 0 Å². The topological polar surface area (TPSA) is 12.0 Å². The van der Waals surface area contributed by atoms with Gasteiger partial charge >= 0.3 is 0 Å². The second-order valence-electron chi connectivity index (χ2n) is 8.82. The molecule has 30 heavy (non-hydrogen) atoms. The van der Waals surface area contributed by atoms with Crippen LogP contribution >= 0.6 is 0 Å². The highest BCUT2D eigenvalue weighted by Gasteiger charge is 2.35. The Hall–Kier alpha value is -3.58. The molecular weight excluding hydrogens is 362 g/mol. The molecule has 0 saturated heterocycles. The standard InChI is InChI=1S/C29H23N/c1-29(2)27-17-22-10-6-5-9-21(22)16-26(27)25-14-13-24(18-28(25)29)30-23-12-11-19-7-3-4-8-20(19)15-23/h3-18,30H,1-2H3. The Morgan fingerprint density at radius 1 is 0.500 bits per heavy atom. The molecule has 0 aliphatic heterocycles. The molecule has 0 heterocycles. The number of rotatable bonds is 2. The maximum Gasteiger partial charge on any atom is 0.0390 e. The zero-order chi connectivity index (χ0) is 20.3. The van der Waals surface area contributed by atoms with Crippen LogP contribution in [-0.4, -0.2) is 0 Å². The summed E-state index contributed by atoms with van der Waals surface area (Å²) in [6.45, 7) is 4.68. The molecule has 1 nitrogen and oxygen atoms in total. The van der Waals surface area contributed by atoms with E-state index in [1.54, 1.807) is 0 Å². The lowest BCUT2D eigenvalue weighted by Crippen LogP contribution is -2.15. The molecule has 0 aromatic heterocycles. The van der Waals surface area contributed by atoms with Gasteiger partial charge in [0.25, 0.3) is 0 Å². The van der Waals surface area contributed by atoms with Gasteiger partial charge < -0.3 is 5.32 Å². The highest BCUT2D eigenvalue weighted by Crippen LogP contribution is 2.50. The first-order chi connectivity index (χ1) is 14.6. The fraction of sp³-hybridized carbons (Fsp3) is 0.103. The van der Waals surface area contributed by atoms with Crippen LogP contribution in [-0.2, 0) is 5.41 Å². The van der Waals surface area contributed by atoms with Gasteiger partial charge in [-0.3, -0.25) is 0 Å². The van der Waals surface area contributed by atoms with Gasteiger partial charge in [-0.05, 0) is 80.2 Å². The van der Waals surface area contributed by atoms with E-state index in [4.69, 9.17) is 0 Å². The van der Waals surface area contributed by atoms with E-state index in [9.17, 15) is 0 Å². The fourth-order valence-corrected chi connectivity index (χ4v) is 4.93. The quantitative estimate of drug-likeness (QED) is 0.324. The predicted octanol–water partition coefficient (Wildman–Crippen LogP) is 8.04. The van der Waals surface area contributed by atoms with Crippen molar-refractivity contribution in [2.45, 2.75) is 19.3 Å². The van der Waals surface area contributed by atoms with E-state index in [-0.39, 0.29) is 5.41 Å². The van der Waals surface area contributed by atoms with E-state index in [0.29, 0.717) is 0 Å². The lowest BCUT2D eigenvalue weighted by Gasteiger charge is -2.22. The van der Waals surface area contributed by atoms with Gasteiger partial charge in [-0.2, -0.15) is 0 Å².